The number of carbonyl (C=O) groups excluding carboxylic acids is 1. The third kappa shape index (κ3) is 7.84. The van der Waals surface area contributed by atoms with Crippen LogP contribution in [0.4, 0.5) is 4.79 Å². The molecule has 8 heteroatoms. The number of nitrogens with one attached hydrogen (secondary N) is 2. The second-order valence-electron chi connectivity index (χ2n) is 4.88. The van der Waals surface area contributed by atoms with Crippen LogP contribution < -0.4 is 10.6 Å². The van der Waals surface area contributed by atoms with Crippen molar-refractivity contribution in [1.29, 1.82) is 0 Å². The zero-order valence-electron chi connectivity index (χ0n) is 12.5. The summed E-state index contributed by atoms with van der Waals surface area (Å²) in [6.45, 7) is 5.06. The predicted octanol–water partition coefficient (Wildman–Crippen LogP) is -0.502. The Kier molecular flexibility index (Phi) is 8.72. The van der Waals surface area contributed by atoms with Gasteiger partial charge in [0, 0.05) is 39.8 Å². The van der Waals surface area contributed by atoms with Gasteiger partial charge in [-0.3, -0.25) is 4.90 Å². The Morgan fingerprint density at radius 2 is 2.10 bits per heavy atom. The SMILES string of the molecule is COCCC(NC(=O)NCCCN1CCOCC1)C(=O)O. The van der Waals surface area contributed by atoms with Crippen molar-refractivity contribution in [3.8, 4) is 0 Å². The summed E-state index contributed by atoms with van der Waals surface area (Å²) in [6.07, 6.45) is 1.07. The van der Waals surface area contributed by atoms with Crippen LogP contribution in [0.2, 0.25) is 0 Å². The maximum atomic E-state index is 11.6. The number of nitrogens with zero attached hydrogens (tertiary/aromatic N) is 1. The van der Waals surface area contributed by atoms with Crippen LogP contribution in [0.3, 0.4) is 0 Å². The van der Waals surface area contributed by atoms with Crippen LogP contribution in [0.25, 0.3) is 0 Å². The average molecular weight is 303 g/mol. The number of carbonyl (C=O) groups is 2. The zero-order valence-corrected chi connectivity index (χ0v) is 12.5. The number of ether oxygens (including phenoxy) is 2. The van der Waals surface area contributed by atoms with Gasteiger partial charge in [0.2, 0.25) is 0 Å². The van der Waals surface area contributed by atoms with Crippen LogP contribution in [0, 0.1) is 0 Å². The van der Waals surface area contributed by atoms with Crippen LogP contribution >= 0.6 is 0 Å². The topological polar surface area (TPSA) is 100 Å². The molecule has 0 aromatic rings. The first kappa shape index (κ1) is 17.7. The highest BCUT2D eigenvalue weighted by Crippen LogP contribution is 1.97. The van der Waals surface area contributed by atoms with Crippen LogP contribution in [-0.2, 0) is 14.3 Å². The fourth-order valence-corrected chi connectivity index (χ4v) is 2.03. The second-order valence-corrected chi connectivity index (χ2v) is 4.88. The van der Waals surface area contributed by atoms with E-state index in [9.17, 15) is 9.59 Å². The molecule has 0 saturated carbocycles. The molecular weight excluding hydrogens is 278 g/mol. The van der Waals surface area contributed by atoms with Gasteiger partial charge in [0.25, 0.3) is 0 Å². The lowest BCUT2D eigenvalue weighted by atomic mass is 10.2. The number of hydrogen-bond donors (Lipinski definition) is 3. The normalized spacial score (nSPS) is 17.2. The molecule has 0 aromatic heterocycles. The lowest BCUT2D eigenvalue weighted by Gasteiger charge is -2.26. The number of carboxylic acid groups (broad SMARTS) is 1. The van der Waals surface area contributed by atoms with Crippen molar-refractivity contribution in [2.75, 3.05) is 53.1 Å². The highest BCUT2D eigenvalue weighted by atomic mass is 16.5. The average Bonchev–Trinajstić information content (AvgIpc) is 2.48. The molecular formula is C13H25N3O5. The molecule has 122 valence electrons. The van der Waals surface area contributed by atoms with Crippen molar-refractivity contribution < 1.29 is 24.2 Å². The molecule has 1 saturated heterocycles. The largest absolute Gasteiger partial charge is 0.480 e. The molecule has 0 aromatic carbocycles. The molecule has 21 heavy (non-hydrogen) atoms. The molecule has 8 nitrogen and oxygen atoms in total. The molecule has 1 heterocycles. The Bertz CT molecular complexity index is 321. The van der Waals surface area contributed by atoms with Crippen molar-refractivity contribution >= 4 is 12.0 Å². The number of amides is 2. The van der Waals surface area contributed by atoms with Gasteiger partial charge in [0.1, 0.15) is 6.04 Å². The third-order valence-electron chi connectivity index (χ3n) is 3.25. The van der Waals surface area contributed by atoms with Gasteiger partial charge in [-0.05, 0) is 13.0 Å². The number of hydrogen-bond acceptors (Lipinski definition) is 5. The maximum Gasteiger partial charge on any atom is 0.326 e. The van der Waals surface area contributed by atoms with Gasteiger partial charge in [-0.1, -0.05) is 0 Å². The highest BCUT2D eigenvalue weighted by molar-refractivity contribution is 5.82. The van der Waals surface area contributed by atoms with E-state index in [0.29, 0.717) is 6.54 Å². The Labute approximate surface area is 124 Å². The molecule has 0 radical (unpaired) electrons. The van der Waals surface area contributed by atoms with Crippen molar-refractivity contribution in [3.05, 3.63) is 0 Å². The number of morpholine rings is 1. The smallest absolute Gasteiger partial charge is 0.326 e. The quantitative estimate of drug-likeness (QED) is 0.496. The van der Waals surface area contributed by atoms with Crippen LogP contribution in [0.5, 0.6) is 0 Å². The van der Waals surface area contributed by atoms with Crippen molar-refractivity contribution in [3.63, 3.8) is 0 Å². The van der Waals surface area contributed by atoms with Crippen LogP contribution in [-0.4, -0.2) is 81.2 Å². The standard InChI is InChI=1S/C13H25N3O5/c1-20-8-3-11(12(17)18)15-13(19)14-4-2-5-16-6-9-21-10-7-16/h11H,2-10H2,1H3,(H,17,18)(H2,14,15,19). The van der Waals surface area contributed by atoms with Crippen LogP contribution in [0.15, 0.2) is 0 Å². The van der Waals surface area contributed by atoms with E-state index in [1.54, 1.807) is 0 Å². The monoisotopic (exact) mass is 303 g/mol. The van der Waals surface area contributed by atoms with Gasteiger partial charge in [0.05, 0.1) is 13.2 Å². The summed E-state index contributed by atoms with van der Waals surface area (Å²) in [7, 11) is 1.49. The van der Waals surface area contributed by atoms with E-state index in [0.717, 1.165) is 39.3 Å². The number of urea groups is 1. The molecule has 1 aliphatic rings. The molecule has 0 spiro atoms. The number of rotatable bonds is 9. The first-order chi connectivity index (χ1) is 10.1. The summed E-state index contributed by atoms with van der Waals surface area (Å²) in [5.41, 5.74) is 0. The minimum atomic E-state index is -1.06. The number of aliphatic carboxylic acids is 1. The first-order valence-electron chi connectivity index (χ1n) is 7.19. The van der Waals surface area contributed by atoms with Crippen molar-refractivity contribution in [1.82, 2.24) is 15.5 Å². The summed E-state index contributed by atoms with van der Waals surface area (Å²) < 4.78 is 10.1. The lowest BCUT2D eigenvalue weighted by molar-refractivity contribution is -0.139. The Hall–Kier alpha value is -1.38. The molecule has 0 bridgehead atoms. The minimum Gasteiger partial charge on any atom is -0.480 e. The Morgan fingerprint density at radius 3 is 2.71 bits per heavy atom. The van der Waals surface area contributed by atoms with Gasteiger partial charge in [-0.25, -0.2) is 9.59 Å². The van der Waals surface area contributed by atoms with Gasteiger partial charge in [-0.15, -0.1) is 0 Å². The Morgan fingerprint density at radius 1 is 1.38 bits per heavy atom. The van der Waals surface area contributed by atoms with E-state index in [-0.39, 0.29) is 13.0 Å². The van der Waals surface area contributed by atoms with E-state index in [4.69, 9.17) is 14.6 Å². The lowest BCUT2D eigenvalue weighted by Crippen LogP contribution is -2.47. The van der Waals surface area contributed by atoms with Crippen molar-refractivity contribution in [2.45, 2.75) is 18.9 Å². The summed E-state index contributed by atoms with van der Waals surface area (Å²) in [5.74, 6) is -1.06. The summed E-state index contributed by atoms with van der Waals surface area (Å²) in [5, 5.41) is 14.1. The zero-order chi connectivity index (χ0) is 15.5. The molecule has 3 N–H and O–H groups in total. The summed E-state index contributed by atoms with van der Waals surface area (Å²) >= 11 is 0. The number of methoxy groups -OCH3 is 1. The van der Waals surface area contributed by atoms with Gasteiger partial charge >= 0.3 is 12.0 Å². The van der Waals surface area contributed by atoms with E-state index >= 15 is 0 Å². The predicted molar refractivity (Wildman–Crippen MR) is 76.3 cm³/mol. The molecule has 1 unspecified atom stereocenters. The summed E-state index contributed by atoms with van der Waals surface area (Å²) in [4.78, 5) is 24.9. The van der Waals surface area contributed by atoms with E-state index in [2.05, 4.69) is 15.5 Å². The van der Waals surface area contributed by atoms with E-state index in [1.807, 2.05) is 0 Å². The highest BCUT2D eigenvalue weighted by Gasteiger charge is 2.19. The third-order valence-corrected chi connectivity index (χ3v) is 3.25. The minimum absolute atomic E-state index is 0.243. The van der Waals surface area contributed by atoms with E-state index < -0.39 is 18.0 Å². The fraction of sp³-hybridized carbons (Fsp3) is 0.846. The molecule has 1 rings (SSSR count). The summed E-state index contributed by atoms with van der Waals surface area (Å²) in [6, 6.07) is -1.38. The van der Waals surface area contributed by atoms with Gasteiger partial charge in [-0.2, -0.15) is 0 Å². The van der Waals surface area contributed by atoms with Gasteiger partial charge < -0.3 is 25.2 Å². The molecule has 1 aliphatic heterocycles. The van der Waals surface area contributed by atoms with Crippen LogP contribution in [0.1, 0.15) is 12.8 Å². The number of carboxylic acids is 1. The molecule has 2 amide bonds. The molecule has 1 atom stereocenters. The Balaban J connectivity index is 2.12. The molecule has 1 fully saturated rings. The van der Waals surface area contributed by atoms with Crippen molar-refractivity contribution in [2.24, 2.45) is 0 Å². The maximum absolute atomic E-state index is 11.6. The second kappa shape index (κ2) is 10.4. The van der Waals surface area contributed by atoms with E-state index in [1.165, 1.54) is 7.11 Å². The molecule has 0 aliphatic carbocycles. The first-order valence-corrected chi connectivity index (χ1v) is 7.19. The van der Waals surface area contributed by atoms with Gasteiger partial charge in [0.15, 0.2) is 0 Å². The fourth-order valence-electron chi connectivity index (χ4n) is 2.03.